The molecule has 3 N–H and O–H groups in total. The molecule has 1 aromatic carbocycles. The third kappa shape index (κ3) is 7.92. The molecule has 25 heavy (non-hydrogen) atoms. The molecular formula is C16H24N3O5S+. The van der Waals surface area contributed by atoms with Crippen LogP contribution in [-0.4, -0.2) is 55.8 Å². The van der Waals surface area contributed by atoms with Gasteiger partial charge in [0.25, 0.3) is 21.9 Å². The van der Waals surface area contributed by atoms with Gasteiger partial charge in [-0.1, -0.05) is 6.58 Å². The Bertz CT molecular complexity index is 754. The molecule has 1 aromatic rings. The van der Waals surface area contributed by atoms with E-state index in [0.29, 0.717) is 23.4 Å². The van der Waals surface area contributed by atoms with Crippen LogP contribution in [0.3, 0.4) is 0 Å². The predicted molar refractivity (Wildman–Crippen MR) is 95.4 cm³/mol. The van der Waals surface area contributed by atoms with E-state index in [9.17, 15) is 18.0 Å². The number of benzene rings is 1. The van der Waals surface area contributed by atoms with Crippen molar-refractivity contribution >= 4 is 27.6 Å². The topological polar surface area (TPSA) is 113 Å². The molecule has 0 radical (unpaired) electrons. The molecule has 0 spiro atoms. The zero-order chi connectivity index (χ0) is 19.3. The van der Waals surface area contributed by atoms with Crippen LogP contribution in [0.1, 0.15) is 23.7 Å². The molecule has 2 amide bonds. The number of quaternary nitrogens is 1. The number of nitrogens with one attached hydrogen (secondary N) is 2. The summed E-state index contributed by atoms with van der Waals surface area (Å²) in [6, 6.07) is 6.35. The summed E-state index contributed by atoms with van der Waals surface area (Å²) in [5, 5.41) is 2.64. The Morgan fingerprint density at radius 3 is 2.24 bits per heavy atom. The number of carbonyl (C=O) groups is 2. The summed E-state index contributed by atoms with van der Waals surface area (Å²) in [6.45, 7) is 5.47. The molecule has 0 fully saturated rings. The van der Waals surface area contributed by atoms with E-state index in [4.69, 9.17) is 4.55 Å². The SMILES string of the molecule is C=C(C)C(=O)Nc1ccc(C(=O)N[N+](C)(C)CCCS(=O)(=O)O)cc1. The van der Waals surface area contributed by atoms with Crippen molar-refractivity contribution in [3.05, 3.63) is 42.0 Å². The lowest BCUT2D eigenvalue weighted by Gasteiger charge is -2.28. The van der Waals surface area contributed by atoms with Gasteiger partial charge in [-0.3, -0.25) is 14.1 Å². The minimum atomic E-state index is -4.01. The van der Waals surface area contributed by atoms with Crippen LogP contribution < -0.4 is 10.7 Å². The largest absolute Gasteiger partial charge is 0.322 e. The second kappa shape index (κ2) is 8.24. The summed E-state index contributed by atoms with van der Waals surface area (Å²) in [6.07, 6.45) is 0.206. The molecule has 0 aromatic heterocycles. The van der Waals surface area contributed by atoms with Crippen molar-refractivity contribution in [2.24, 2.45) is 0 Å². The molecule has 9 heteroatoms. The fourth-order valence-electron chi connectivity index (χ4n) is 1.98. The number of nitrogens with zero attached hydrogens (tertiary/aromatic N) is 1. The van der Waals surface area contributed by atoms with Crippen molar-refractivity contribution in [2.45, 2.75) is 13.3 Å². The second-order valence-corrected chi connectivity index (χ2v) is 7.87. The first-order valence-corrected chi connectivity index (χ1v) is 9.18. The van der Waals surface area contributed by atoms with Gasteiger partial charge in [-0.15, -0.1) is 0 Å². The molecule has 0 saturated carbocycles. The summed E-state index contributed by atoms with van der Waals surface area (Å²) in [5.74, 6) is -0.995. The molecule has 0 unspecified atom stereocenters. The fourth-order valence-corrected chi connectivity index (χ4v) is 2.47. The zero-order valence-corrected chi connectivity index (χ0v) is 15.4. The van der Waals surface area contributed by atoms with E-state index in [-0.39, 0.29) is 28.6 Å². The van der Waals surface area contributed by atoms with E-state index in [1.54, 1.807) is 45.3 Å². The number of rotatable bonds is 8. The minimum absolute atomic E-state index is 0.0580. The minimum Gasteiger partial charge on any atom is -0.322 e. The Labute approximate surface area is 147 Å². The zero-order valence-electron chi connectivity index (χ0n) is 14.6. The maximum Gasteiger partial charge on any atom is 0.295 e. The van der Waals surface area contributed by atoms with Crippen molar-refractivity contribution in [1.82, 2.24) is 5.43 Å². The standard InChI is InChI=1S/C16H23N3O5S/c1-12(2)15(20)17-14-8-6-13(7-9-14)16(21)18-19(3,4)10-5-11-25(22,23)24/h6-9H,1,5,10-11H2,2-4H3,(H2-,17,18,20,21,22,23,24)/p+1. The number of hydrogen-bond donors (Lipinski definition) is 3. The van der Waals surface area contributed by atoms with Gasteiger partial charge in [0.2, 0.25) is 0 Å². The van der Waals surface area contributed by atoms with E-state index in [1.807, 2.05) is 0 Å². The number of amides is 2. The molecule has 1 rings (SSSR count). The van der Waals surface area contributed by atoms with E-state index in [2.05, 4.69) is 17.3 Å². The maximum atomic E-state index is 12.3. The molecule has 0 aliphatic rings. The fraction of sp³-hybridized carbons (Fsp3) is 0.375. The Hall–Kier alpha value is -2.23. The Balaban J connectivity index is 2.64. The third-order valence-electron chi connectivity index (χ3n) is 3.32. The normalized spacial score (nSPS) is 11.7. The number of hydrogen-bond acceptors (Lipinski definition) is 4. The van der Waals surface area contributed by atoms with Crippen LogP contribution in [0, 0.1) is 0 Å². The van der Waals surface area contributed by atoms with Crippen LogP contribution in [0.5, 0.6) is 0 Å². The van der Waals surface area contributed by atoms with Gasteiger partial charge < -0.3 is 5.32 Å². The lowest BCUT2D eigenvalue weighted by molar-refractivity contribution is -0.924. The highest BCUT2D eigenvalue weighted by Crippen LogP contribution is 2.11. The van der Waals surface area contributed by atoms with Gasteiger partial charge in [-0.05, 0) is 31.2 Å². The molecular weight excluding hydrogens is 346 g/mol. The van der Waals surface area contributed by atoms with E-state index >= 15 is 0 Å². The van der Waals surface area contributed by atoms with E-state index in [1.165, 1.54) is 0 Å². The summed E-state index contributed by atoms with van der Waals surface area (Å²) >= 11 is 0. The quantitative estimate of drug-likeness (QED) is 0.275. The van der Waals surface area contributed by atoms with E-state index in [0.717, 1.165) is 0 Å². The molecule has 0 heterocycles. The monoisotopic (exact) mass is 370 g/mol. The van der Waals surface area contributed by atoms with Gasteiger partial charge in [0, 0.05) is 23.2 Å². The van der Waals surface area contributed by atoms with Crippen molar-refractivity contribution in [1.29, 1.82) is 0 Å². The average Bonchev–Trinajstić information content (AvgIpc) is 2.45. The highest BCUT2D eigenvalue weighted by Gasteiger charge is 2.21. The molecule has 0 aliphatic carbocycles. The van der Waals surface area contributed by atoms with Gasteiger partial charge in [0.15, 0.2) is 0 Å². The summed E-state index contributed by atoms with van der Waals surface area (Å²) in [5.41, 5.74) is 4.08. The Morgan fingerprint density at radius 2 is 1.76 bits per heavy atom. The van der Waals surface area contributed by atoms with Gasteiger partial charge in [0.1, 0.15) is 6.54 Å². The lowest BCUT2D eigenvalue weighted by Crippen LogP contribution is -2.55. The molecule has 0 bridgehead atoms. The second-order valence-electron chi connectivity index (χ2n) is 6.30. The van der Waals surface area contributed by atoms with Crippen molar-refractivity contribution in [3.8, 4) is 0 Å². The van der Waals surface area contributed by atoms with Gasteiger partial charge in [0.05, 0.1) is 19.8 Å². The van der Waals surface area contributed by atoms with Crippen molar-refractivity contribution in [3.63, 3.8) is 0 Å². The third-order valence-corrected chi connectivity index (χ3v) is 4.12. The first kappa shape index (κ1) is 20.8. The number of carbonyl (C=O) groups excluding carboxylic acids is 2. The molecule has 8 nitrogen and oxygen atoms in total. The van der Waals surface area contributed by atoms with Crippen LogP contribution in [0.4, 0.5) is 5.69 Å². The molecule has 138 valence electrons. The highest BCUT2D eigenvalue weighted by atomic mass is 32.2. The molecule has 0 saturated heterocycles. The van der Waals surface area contributed by atoms with Crippen LogP contribution in [0.2, 0.25) is 0 Å². The van der Waals surface area contributed by atoms with Gasteiger partial charge >= 0.3 is 0 Å². The maximum absolute atomic E-state index is 12.3. The Morgan fingerprint density at radius 1 is 1.20 bits per heavy atom. The lowest BCUT2D eigenvalue weighted by atomic mass is 10.2. The summed E-state index contributed by atoms with van der Waals surface area (Å²) in [7, 11) is -0.588. The van der Waals surface area contributed by atoms with Crippen LogP contribution in [0.15, 0.2) is 36.4 Å². The average molecular weight is 370 g/mol. The van der Waals surface area contributed by atoms with Crippen LogP contribution >= 0.6 is 0 Å². The first-order chi connectivity index (χ1) is 11.4. The Kier molecular flexibility index (Phi) is 6.86. The molecule has 0 aliphatic heterocycles. The number of anilines is 1. The predicted octanol–water partition coefficient (Wildman–Crippen LogP) is 1.20. The van der Waals surface area contributed by atoms with Crippen LogP contribution in [-0.2, 0) is 14.9 Å². The summed E-state index contributed by atoms with van der Waals surface area (Å²) < 4.78 is 30.3. The smallest absolute Gasteiger partial charge is 0.295 e. The van der Waals surface area contributed by atoms with Gasteiger partial charge in [-0.2, -0.15) is 13.8 Å². The van der Waals surface area contributed by atoms with Crippen molar-refractivity contribution in [2.75, 3.05) is 31.7 Å². The summed E-state index contributed by atoms with van der Waals surface area (Å²) in [4.78, 5) is 23.8. The molecule has 0 atom stereocenters. The first-order valence-electron chi connectivity index (χ1n) is 7.57. The van der Waals surface area contributed by atoms with E-state index < -0.39 is 10.1 Å². The van der Waals surface area contributed by atoms with Gasteiger partial charge in [-0.25, -0.2) is 4.59 Å². The van der Waals surface area contributed by atoms with Crippen LogP contribution in [0.25, 0.3) is 0 Å². The highest BCUT2D eigenvalue weighted by molar-refractivity contribution is 7.85. The van der Waals surface area contributed by atoms with Crippen molar-refractivity contribution < 1.29 is 27.2 Å².